The van der Waals surface area contributed by atoms with Gasteiger partial charge in [0.1, 0.15) is 17.3 Å². The van der Waals surface area contributed by atoms with Gasteiger partial charge in [-0.3, -0.25) is 14.5 Å². The van der Waals surface area contributed by atoms with Gasteiger partial charge in [-0.1, -0.05) is 18.6 Å². The van der Waals surface area contributed by atoms with Crippen molar-refractivity contribution in [2.75, 3.05) is 78.5 Å². The van der Waals surface area contributed by atoms with Crippen LogP contribution in [0.25, 0.3) is 0 Å². The van der Waals surface area contributed by atoms with Crippen molar-refractivity contribution < 1.29 is 35.9 Å². The number of likely N-dealkylation sites (tertiary alicyclic amines) is 2. The quantitative estimate of drug-likeness (QED) is 0.200. The molecule has 10 nitrogen and oxygen atoms in total. The second kappa shape index (κ2) is 16.1. The van der Waals surface area contributed by atoms with Gasteiger partial charge in [0.05, 0.1) is 35.7 Å². The summed E-state index contributed by atoms with van der Waals surface area (Å²) in [7, 11) is 0.431. The fourth-order valence-electron chi connectivity index (χ4n) is 9.89. The van der Waals surface area contributed by atoms with Gasteiger partial charge >= 0.3 is 5.97 Å². The maximum Gasteiger partial charge on any atom is 0.305 e. The molecule has 0 spiro atoms. The predicted octanol–water partition coefficient (Wildman–Crippen LogP) is 5.76. The standard InChI is InChI=1S/C42H52F3N5O5S/c1-47(2)40(52)37-13-11-34(24-46-37)56(53,54)33-12-14-38(36(44)23-33)50-26-41(45,27-50)25-49-19-15-30(16-20-49)42(28-48-17-6-18-48,31-8-5-9-32(43)22-31)35-10-4-7-29(35)21-39(51)55-3/h5,8-9,11-14,22-24,29-30,35H,4,6-7,10,15-21,25-28H2,1-3H3/t29-,35+,42+/m1/s1. The van der Waals surface area contributed by atoms with Crippen molar-refractivity contribution in [1.29, 1.82) is 0 Å². The number of hydrogen-bond acceptors (Lipinski definition) is 9. The number of pyridine rings is 1. The second-order valence-electron chi connectivity index (χ2n) is 16.5. The Hall–Kier alpha value is -4.01. The fourth-order valence-corrected chi connectivity index (χ4v) is 11.1. The zero-order valence-corrected chi connectivity index (χ0v) is 33.2. The number of sulfone groups is 1. The van der Waals surface area contributed by atoms with Crippen LogP contribution in [0, 0.1) is 29.4 Å². The number of piperidine rings is 1. The molecule has 3 atom stereocenters. The minimum absolute atomic E-state index is 0.0271. The van der Waals surface area contributed by atoms with Gasteiger partial charge in [-0.2, -0.15) is 0 Å². The maximum absolute atomic E-state index is 16.3. The lowest BCUT2D eigenvalue weighted by Gasteiger charge is -2.54. The molecule has 0 unspecified atom stereocenters. The minimum Gasteiger partial charge on any atom is -0.469 e. The molecule has 0 radical (unpaired) electrons. The first kappa shape index (κ1) is 40.2. The van der Waals surface area contributed by atoms with Gasteiger partial charge in [-0.05, 0) is 124 Å². The Bertz CT molecular complexity index is 2020. The van der Waals surface area contributed by atoms with Crippen LogP contribution >= 0.6 is 0 Å². The number of halogens is 3. The number of anilines is 1. The highest BCUT2D eigenvalue weighted by atomic mass is 32.2. The van der Waals surface area contributed by atoms with Gasteiger partial charge in [0.25, 0.3) is 5.91 Å². The average Bonchev–Trinajstić information content (AvgIpc) is 3.61. The number of alkyl halides is 1. The third-order valence-corrected chi connectivity index (χ3v) is 14.5. The highest BCUT2D eigenvalue weighted by molar-refractivity contribution is 7.91. The van der Waals surface area contributed by atoms with Gasteiger partial charge in [0, 0.05) is 45.2 Å². The number of esters is 1. The molecule has 4 fully saturated rings. The number of carbonyl (C=O) groups excluding carboxylic acids is 2. The highest BCUT2D eigenvalue weighted by Gasteiger charge is 2.53. The van der Waals surface area contributed by atoms with Crippen LogP contribution in [0.1, 0.15) is 61.0 Å². The van der Waals surface area contributed by atoms with Crippen LogP contribution in [0.3, 0.4) is 0 Å². The summed E-state index contributed by atoms with van der Waals surface area (Å²) in [5.41, 5.74) is -0.734. The molecule has 56 heavy (non-hydrogen) atoms. The molecule has 7 rings (SSSR count). The maximum atomic E-state index is 16.3. The Labute approximate surface area is 327 Å². The number of hydrogen-bond donors (Lipinski definition) is 0. The van der Waals surface area contributed by atoms with Crippen LogP contribution in [-0.4, -0.2) is 119 Å². The zero-order valence-electron chi connectivity index (χ0n) is 32.4. The number of aromatic nitrogens is 1. The molecule has 0 N–H and O–H groups in total. The molecular weight excluding hydrogens is 744 g/mol. The lowest BCUT2D eigenvalue weighted by Crippen LogP contribution is -2.65. The van der Waals surface area contributed by atoms with E-state index in [9.17, 15) is 18.0 Å². The van der Waals surface area contributed by atoms with Gasteiger partial charge in [-0.25, -0.2) is 26.6 Å². The Morgan fingerprint density at radius 1 is 0.929 bits per heavy atom. The molecule has 14 heteroatoms. The van der Waals surface area contributed by atoms with Crippen LogP contribution in [0.4, 0.5) is 18.9 Å². The highest BCUT2D eigenvalue weighted by Crippen LogP contribution is 2.54. The average molecular weight is 796 g/mol. The molecule has 1 amide bonds. The lowest BCUT2D eigenvalue weighted by atomic mass is 9.56. The molecule has 1 aromatic heterocycles. The zero-order chi connectivity index (χ0) is 39.8. The van der Waals surface area contributed by atoms with Gasteiger partial charge in [0.2, 0.25) is 9.84 Å². The van der Waals surface area contributed by atoms with E-state index in [0.29, 0.717) is 19.5 Å². The van der Waals surface area contributed by atoms with Crippen LogP contribution in [-0.2, 0) is 24.8 Å². The van der Waals surface area contributed by atoms with E-state index in [-0.39, 0.29) is 81.7 Å². The summed E-state index contributed by atoms with van der Waals surface area (Å²) >= 11 is 0. The number of methoxy groups -OCH3 is 1. The van der Waals surface area contributed by atoms with Crippen molar-refractivity contribution in [3.8, 4) is 0 Å². The predicted molar refractivity (Wildman–Crippen MR) is 206 cm³/mol. The van der Waals surface area contributed by atoms with Crippen molar-refractivity contribution in [2.24, 2.45) is 17.8 Å². The van der Waals surface area contributed by atoms with Crippen molar-refractivity contribution in [3.63, 3.8) is 0 Å². The first-order chi connectivity index (χ1) is 26.7. The molecule has 4 heterocycles. The number of carbonyl (C=O) groups is 2. The molecule has 302 valence electrons. The van der Waals surface area contributed by atoms with E-state index in [0.717, 1.165) is 76.0 Å². The van der Waals surface area contributed by atoms with Gasteiger partial charge in [0.15, 0.2) is 5.67 Å². The summed E-state index contributed by atoms with van der Waals surface area (Å²) in [6.45, 7) is 4.27. The molecule has 2 aromatic carbocycles. The SMILES string of the molecule is COC(=O)C[C@H]1CCC[C@@H]1[C@](CN1CCC1)(c1cccc(F)c1)C1CCN(CC2(F)CN(c3ccc(S(=O)(=O)c4ccc(C(=O)N(C)C)nc4)cc3F)C2)CC1. The monoisotopic (exact) mass is 795 g/mol. The van der Waals surface area contributed by atoms with Crippen molar-refractivity contribution in [1.82, 2.24) is 19.7 Å². The molecule has 4 aliphatic rings. The van der Waals surface area contributed by atoms with Crippen molar-refractivity contribution >= 4 is 27.4 Å². The number of rotatable bonds is 13. The molecule has 1 saturated carbocycles. The fraction of sp³-hybridized carbons (Fsp3) is 0.548. The summed E-state index contributed by atoms with van der Waals surface area (Å²) in [4.78, 5) is 35.8. The summed E-state index contributed by atoms with van der Waals surface area (Å²) in [5, 5.41) is 0. The molecule has 3 saturated heterocycles. The number of amides is 1. The topological polar surface area (TPSA) is 103 Å². The Morgan fingerprint density at radius 3 is 2.27 bits per heavy atom. The van der Waals surface area contributed by atoms with Crippen LogP contribution in [0.2, 0.25) is 0 Å². The van der Waals surface area contributed by atoms with Crippen LogP contribution < -0.4 is 4.90 Å². The van der Waals surface area contributed by atoms with E-state index in [2.05, 4.69) is 20.9 Å². The molecular formula is C42H52F3N5O5S. The van der Waals surface area contributed by atoms with E-state index in [1.54, 1.807) is 31.1 Å². The Morgan fingerprint density at radius 2 is 1.66 bits per heavy atom. The first-order valence-corrected chi connectivity index (χ1v) is 21.1. The summed E-state index contributed by atoms with van der Waals surface area (Å²) < 4.78 is 78.4. The Balaban J connectivity index is 1.02. The smallest absolute Gasteiger partial charge is 0.305 e. The number of ether oxygens (including phenoxy) is 1. The summed E-state index contributed by atoms with van der Waals surface area (Å²) in [5.74, 6) is -1.10. The normalized spacial score (nSPS) is 22.9. The number of nitrogens with zero attached hydrogens (tertiary/aromatic N) is 5. The Kier molecular flexibility index (Phi) is 11.5. The van der Waals surface area contributed by atoms with Crippen LogP contribution in [0.15, 0.2) is 70.6 Å². The summed E-state index contributed by atoms with van der Waals surface area (Å²) in [6, 6.07) is 13.2. The molecule has 3 aliphatic heterocycles. The lowest BCUT2D eigenvalue weighted by molar-refractivity contribution is -0.142. The first-order valence-electron chi connectivity index (χ1n) is 19.7. The third-order valence-electron chi connectivity index (χ3n) is 12.8. The van der Waals surface area contributed by atoms with Crippen molar-refractivity contribution in [3.05, 3.63) is 83.7 Å². The van der Waals surface area contributed by atoms with Gasteiger partial charge in [-0.15, -0.1) is 0 Å². The van der Waals surface area contributed by atoms with E-state index in [4.69, 9.17) is 4.74 Å². The number of benzene rings is 2. The van der Waals surface area contributed by atoms with E-state index in [1.165, 1.54) is 42.3 Å². The van der Waals surface area contributed by atoms with E-state index >= 15 is 13.2 Å². The van der Waals surface area contributed by atoms with Gasteiger partial charge < -0.3 is 19.4 Å². The largest absolute Gasteiger partial charge is 0.469 e. The molecule has 3 aromatic rings. The third kappa shape index (κ3) is 7.93. The molecule has 0 bridgehead atoms. The second-order valence-corrected chi connectivity index (χ2v) is 18.5. The van der Waals surface area contributed by atoms with E-state index in [1.807, 2.05) is 0 Å². The van der Waals surface area contributed by atoms with Crippen molar-refractivity contribution in [2.45, 2.75) is 65.8 Å². The summed E-state index contributed by atoms with van der Waals surface area (Å²) in [6.07, 6.45) is 7.07. The molecule has 1 aliphatic carbocycles. The van der Waals surface area contributed by atoms with Crippen LogP contribution in [0.5, 0.6) is 0 Å². The minimum atomic E-state index is -4.12. The van der Waals surface area contributed by atoms with E-state index < -0.39 is 21.3 Å².